The van der Waals surface area contributed by atoms with Gasteiger partial charge in [0.25, 0.3) is 6.71 Å². The summed E-state index contributed by atoms with van der Waals surface area (Å²) in [5.74, 6) is 2.89. The number of nitrogens with zero attached hydrogens (tertiary/aromatic N) is 5. The molecule has 13 aromatic rings. The van der Waals surface area contributed by atoms with Gasteiger partial charge in [0.2, 0.25) is 0 Å². The van der Waals surface area contributed by atoms with Gasteiger partial charge in [-0.25, -0.2) is 9.97 Å². The van der Waals surface area contributed by atoms with Gasteiger partial charge >= 0.3 is 0 Å². The van der Waals surface area contributed by atoms with Crippen LogP contribution in [0.25, 0.3) is 99.4 Å². The molecule has 8 aromatic carbocycles. The Morgan fingerprint density at radius 2 is 1.22 bits per heavy atom. The Labute approximate surface area is 370 Å². The summed E-state index contributed by atoms with van der Waals surface area (Å²) in [4.78, 5) is 13.1. The van der Waals surface area contributed by atoms with Crippen molar-refractivity contribution in [3.8, 4) is 28.6 Å². The zero-order valence-electron chi connectivity index (χ0n) is 35.5. The molecule has 8 nitrogen and oxygen atoms in total. The summed E-state index contributed by atoms with van der Waals surface area (Å²) in [7, 11) is 0. The molecule has 65 heavy (non-hydrogen) atoms. The lowest BCUT2D eigenvalue weighted by Crippen LogP contribution is -2.62. The first-order chi connectivity index (χ1) is 31.9. The minimum Gasteiger partial charge on any atom is -0.452 e. The number of ether oxygens (including phenoxy) is 1. The van der Waals surface area contributed by atoms with E-state index in [1.807, 2.05) is 36.4 Å². The lowest BCUT2D eigenvalue weighted by atomic mass is 9.33. The number of aromatic nitrogens is 4. The molecular weight excluding hydrogens is 801 g/mol. The number of furan rings is 2. The number of fused-ring (bicyclic) bond motifs is 16. The van der Waals surface area contributed by atoms with Crippen molar-refractivity contribution in [2.75, 3.05) is 4.90 Å². The van der Waals surface area contributed by atoms with Crippen molar-refractivity contribution >= 4 is 123 Å². The van der Waals surface area contributed by atoms with Crippen molar-refractivity contribution in [2.24, 2.45) is 0 Å². The van der Waals surface area contributed by atoms with Crippen LogP contribution in [0.4, 0.5) is 17.2 Å². The molecule has 0 spiro atoms. The Bertz CT molecular complexity index is 4340. The van der Waals surface area contributed by atoms with E-state index in [4.69, 9.17) is 23.5 Å². The van der Waals surface area contributed by atoms with E-state index >= 15 is 0 Å². The molecule has 0 N–H and O–H groups in total. The molecule has 5 aromatic heterocycles. The predicted molar refractivity (Wildman–Crippen MR) is 263 cm³/mol. The second-order valence-corrected chi connectivity index (χ2v) is 18.8. The summed E-state index contributed by atoms with van der Waals surface area (Å²) < 4.78 is 26.7. The number of para-hydroxylation sites is 4. The van der Waals surface area contributed by atoms with Gasteiger partial charge in [0, 0.05) is 66.0 Å². The standard InChI is InChI=1S/C56H34BN5O3/c1-56(2,3)43-32-20-8-12-23-36(32)61-47-42-33-21-10-14-27-41(33)64-50(42)52-46-48(47)62(55(43)61)38-25-15-24-37-44(38)57(46)45-39(28-34-30-18-9-13-26-40(30)63-49(34)51(45)65-52)60(37)54-31-19-7-11-22-35(31)58-53(59-54)29-16-5-4-6-17-29/h4-28H,1-3H3. The highest BCUT2D eigenvalue weighted by atomic mass is 16.5. The Hall–Kier alpha value is -8.30. The van der Waals surface area contributed by atoms with E-state index in [1.165, 1.54) is 16.4 Å². The zero-order valence-corrected chi connectivity index (χ0v) is 35.5. The number of anilines is 3. The van der Waals surface area contributed by atoms with E-state index in [0.717, 1.165) is 117 Å². The molecule has 0 fully saturated rings. The van der Waals surface area contributed by atoms with Crippen LogP contribution < -0.4 is 26.0 Å². The normalized spacial score (nSPS) is 13.8. The van der Waals surface area contributed by atoms with Crippen LogP contribution in [0.3, 0.4) is 0 Å². The topological polar surface area (TPSA) is 73.9 Å². The van der Waals surface area contributed by atoms with E-state index in [0.29, 0.717) is 17.2 Å². The first kappa shape index (κ1) is 34.2. The van der Waals surface area contributed by atoms with Gasteiger partial charge in [-0.3, -0.25) is 13.9 Å². The molecule has 0 unspecified atom stereocenters. The molecule has 0 amide bonds. The van der Waals surface area contributed by atoms with Gasteiger partial charge in [0.05, 0.1) is 27.5 Å². The molecule has 3 aliphatic rings. The van der Waals surface area contributed by atoms with E-state index in [2.05, 4.69) is 150 Å². The Morgan fingerprint density at radius 1 is 0.538 bits per heavy atom. The van der Waals surface area contributed by atoms with E-state index in [1.54, 1.807) is 0 Å². The molecule has 304 valence electrons. The van der Waals surface area contributed by atoms with Crippen LogP contribution in [0.1, 0.15) is 26.3 Å². The maximum absolute atomic E-state index is 7.61. The van der Waals surface area contributed by atoms with Crippen molar-refractivity contribution < 1.29 is 13.6 Å². The van der Waals surface area contributed by atoms with Crippen LogP contribution in [0.2, 0.25) is 0 Å². The zero-order chi connectivity index (χ0) is 42.6. The highest BCUT2D eigenvalue weighted by molar-refractivity contribution is 7.02. The lowest BCUT2D eigenvalue weighted by Gasteiger charge is -2.42. The third-order valence-corrected chi connectivity index (χ3v) is 14.3. The fourth-order valence-electron chi connectivity index (χ4n) is 11.9. The Balaban J connectivity index is 1.16. The Morgan fingerprint density at radius 3 is 2.05 bits per heavy atom. The largest absolute Gasteiger partial charge is 0.452 e. The maximum atomic E-state index is 7.61. The minimum absolute atomic E-state index is 0.214. The molecule has 3 aliphatic heterocycles. The van der Waals surface area contributed by atoms with Crippen LogP contribution in [0.5, 0.6) is 11.5 Å². The Kier molecular flexibility index (Phi) is 6.02. The second-order valence-electron chi connectivity index (χ2n) is 18.8. The van der Waals surface area contributed by atoms with Gasteiger partial charge in [-0.2, -0.15) is 0 Å². The quantitative estimate of drug-likeness (QED) is 0.162. The predicted octanol–water partition coefficient (Wildman–Crippen LogP) is 12.5. The van der Waals surface area contributed by atoms with Gasteiger partial charge in [0.1, 0.15) is 22.6 Å². The highest BCUT2D eigenvalue weighted by Gasteiger charge is 2.51. The fourth-order valence-corrected chi connectivity index (χ4v) is 11.9. The minimum atomic E-state index is -0.234. The molecule has 0 saturated heterocycles. The van der Waals surface area contributed by atoms with Crippen LogP contribution in [0, 0.1) is 0 Å². The first-order valence-corrected chi connectivity index (χ1v) is 22.3. The van der Waals surface area contributed by atoms with E-state index in [-0.39, 0.29) is 12.1 Å². The van der Waals surface area contributed by atoms with Gasteiger partial charge in [-0.15, -0.1) is 0 Å². The van der Waals surface area contributed by atoms with Gasteiger partial charge in [-0.1, -0.05) is 124 Å². The van der Waals surface area contributed by atoms with Crippen LogP contribution in [-0.4, -0.2) is 25.6 Å². The molecule has 0 bridgehead atoms. The monoisotopic (exact) mass is 835 g/mol. The van der Waals surface area contributed by atoms with E-state index < -0.39 is 0 Å². The van der Waals surface area contributed by atoms with E-state index in [9.17, 15) is 0 Å². The SMILES string of the molecule is CC(C)(C)c1c2ccccc2n2c3c4c(oc5ccccc54)c4c5c3n(c12)-c1cccc2c1B5c1c(cc3c(oc5ccccc53)c1O4)N2c1nc(-c2ccccc2)nc2ccccc12. The third kappa shape index (κ3) is 4.03. The molecule has 0 aliphatic carbocycles. The summed E-state index contributed by atoms with van der Waals surface area (Å²) in [6.45, 7) is 6.77. The smallest absolute Gasteiger partial charge is 0.262 e. The molecule has 0 radical (unpaired) electrons. The number of imidazole rings is 1. The molecular formula is C56H34BN5O3. The van der Waals surface area contributed by atoms with Crippen molar-refractivity contribution in [1.29, 1.82) is 0 Å². The maximum Gasteiger partial charge on any atom is 0.262 e. The molecule has 16 rings (SSSR count). The van der Waals surface area contributed by atoms with Crippen LogP contribution in [-0.2, 0) is 5.41 Å². The third-order valence-electron chi connectivity index (χ3n) is 14.3. The number of hydrogen-bond donors (Lipinski definition) is 0. The average molecular weight is 836 g/mol. The van der Waals surface area contributed by atoms with Crippen molar-refractivity contribution in [1.82, 2.24) is 18.9 Å². The number of hydrogen-bond acceptors (Lipinski definition) is 6. The van der Waals surface area contributed by atoms with Crippen LogP contribution >= 0.6 is 0 Å². The summed E-state index contributed by atoms with van der Waals surface area (Å²) in [6, 6.07) is 53.3. The average Bonchev–Trinajstić information content (AvgIpc) is 4.09. The van der Waals surface area contributed by atoms with Crippen LogP contribution in [0.15, 0.2) is 160 Å². The lowest BCUT2D eigenvalue weighted by molar-refractivity contribution is 0.475. The number of rotatable bonds is 2. The van der Waals surface area contributed by atoms with Gasteiger partial charge in [-0.05, 0) is 59.4 Å². The van der Waals surface area contributed by atoms with Crippen molar-refractivity contribution in [3.63, 3.8) is 0 Å². The summed E-state index contributed by atoms with van der Waals surface area (Å²) in [6.07, 6.45) is 0. The van der Waals surface area contributed by atoms with Crippen molar-refractivity contribution in [2.45, 2.75) is 26.2 Å². The summed E-state index contributed by atoms with van der Waals surface area (Å²) in [5.41, 5.74) is 17.0. The fraction of sp³-hybridized carbons (Fsp3) is 0.0714. The first-order valence-electron chi connectivity index (χ1n) is 22.3. The molecule has 9 heteroatoms. The molecule has 0 saturated carbocycles. The highest BCUT2D eigenvalue weighted by Crippen LogP contribution is 2.54. The van der Waals surface area contributed by atoms with Gasteiger partial charge < -0.3 is 13.6 Å². The van der Waals surface area contributed by atoms with Gasteiger partial charge in [0.15, 0.2) is 28.5 Å². The summed E-state index contributed by atoms with van der Waals surface area (Å²) in [5, 5.41) is 6.27. The molecule has 0 atom stereocenters. The number of benzene rings is 8. The molecule has 8 heterocycles. The summed E-state index contributed by atoms with van der Waals surface area (Å²) >= 11 is 0. The second kappa shape index (κ2) is 11.4. The van der Waals surface area contributed by atoms with Crippen molar-refractivity contribution in [3.05, 3.63) is 157 Å².